The molecule has 1 rings (SSSR count). The maximum atomic E-state index is 12.4. The van der Waals surface area contributed by atoms with Crippen LogP contribution in [0.1, 0.15) is 25.0 Å². The van der Waals surface area contributed by atoms with Gasteiger partial charge in [-0.3, -0.25) is 0 Å². The zero-order valence-electron chi connectivity index (χ0n) is 12.8. The molecular weight excluding hydrogens is 308 g/mol. The van der Waals surface area contributed by atoms with Gasteiger partial charge in [-0.05, 0) is 38.5 Å². The molecule has 1 aromatic rings. The van der Waals surface area contributed by atoms with Gasteiger partial charge in [0.05, 0.1) is 17.6 Å². The average Bonchev–Trinajstić information content (AvgIpc) is 2.37. The fraction of sp³-hybridized carbons (Fsp3) is 0.500. The minimum atomic E-state index is -3.53. The van der Waals surface area contributed by atoms with Crippen LogP contribution in [0.5, 0.6) is 0 Å². The predicted molar refractivity (Wildman–Crippen MR) is 88.0 cm³/mol. The van der Waals surface area contributed by atoms with Gasteiger partial charge in [-0.25, -0.2) is 8.42 Å². The van der Waals surface area contributed by atoms with Crippen LogP contribution in [0.2, 0.25) is 0 Å². The summed E-state index contributed by atoms with van der Waals surface area (Å²) >= 11 is 4.92. The first-order valence-corrected chi connectivity index (χ1v) is 8.49. The van der Waals surface area contributed by atoms with Gasteiger partial charge in [-0.15, -0.1) is 0 Å². The number of rotatable bonds is 7. The largest absolute Gasteiger partial charge is 0.389 e. The highest BCUT2D eigenvalue weighted by atomic mass is 32.2. The second-order valence-electron chi connectivity index (χ2n) is 5.09. The monoisotopic (exact) mass is 330 g/mol. The van der Waals surface area contributed by atoms with E-state index in [1.54, 1.807) is 19.1 Å². The van der Waals surface area contributed by atoms with Crippen LogP contribution in [0.3, 0.4) is 0 Å². The van der Waals surface area contributed by atoms with Crippen LogP contribution in [-0.2, 0) is 14.8 Å². The first kappa shape index (κ1) is 18.0. The lowest BCUT2D eigenvalue weighted by atomic mass is 10.1. The molecule has 0 fully saturated rings. The number of aryl methyl sites for hydroxylation is 1. The molecule has 0 heterocycles. The SMILES string of the molecule is Cc1cc(S(=O)(=O)N(C)CCOC(C)C)ccc1C(N)=S. The van der Waals surface area contributed by atoms with Gasteiger partial charge < -0.3 is 10.5 Å². The summed E-state index contributed by atoms with van der Waals surface area (Å²) in [4.78, 5) is 0.488. The normalized spacial score (nSPS) is 12.1. The summed E-state index contributed by atoms with van der Waals surface area (Å²) in [6.07, 6.45) is 0.0770. The molecule has 0 saturated carbocycles. The molecule has 5 nitrogen and oxygen atoms in total. The summed E-state index contributed by atoms with van der Waals surface area (Å²) in [5, 5.41) is 0. The topological polar surface area (TPSA) is 72.6 Å². The van der Waals surface area contributed by atoms with E-state index in [-0.39, 0.29) is 16.0 Å². The number of benzene rings is 1. The Bertz CT molecular complexity index is 613. The molecule has 0 unspecified atom stereocenters. The lowest BCUT2D eigenvalue weighted by molar-refractivity contribution is 0.0737. The van der Waals surface area contributed by atoms with Gasteiger partial charge in [0.15, 0.2) is 0 Å². The van der Waals surface area contributed by atoms with Crippen molar-refractivity contribution in [2.24, 2.45) is 5.73 Å². The van der Waals surface area contributed by atoms with Gasteiger partial charge in [0, 0.05) is 19.2 Å². The Balaban J connectivity index is 2.92. The molecule has 0 aliphatic carbocycles. The van der Waals surface area contributed by atoms with Crippen LogP contribution >= 0.6 is 12.2 Å². The molecule has 0 atom stereocenters. The summed E-state index contributed by atoms with van der Waals surface area (Å²) in [6.45, 7) is 6.27. The van der Waals surface area contributed by atoms with Crippen LogP contribution in [0.25, 0.3) is 0 Å². The molecule has 0 aliphatic rings. The molecule has 7 heteroatoms. The van der Waals surface area contributed by atoms with Crippen molar-refractivity contribution in [1.29, 1.82) is 0 Å². The number of nitrogens with two attached hydrogens (primary N) is 1. The lowest BCUT2D eigenvalue weighted by Crippen LogP contribution is -2.31. The van der Waals surface area contributed by atoms with Crippen LogP contribution in [-0.4, -0.2) is 44.0 Å². The molecule has 0 saturated heterocycles. The van der Waals surface area contributed by atoms with Crippen molar-refractivity contribution < 1.29 is 13.2 Å². The lowest BCUT2D eigenvalue weighted by Gasteiger charge is -2.18. The third-order valence-corrected chi connectivity index (χ3v) is 5.10. The van der Waals surface area contributed by atoms with Crippen molar-refractivity contribution in [3.05, 3.63) is 29.3 Å². The molecule has 1 aromatic carbocycles. The fourth-order valence-electron chi connectivity index (χ4n) is 1.79. The smallest absolute Gasteiger partial charge is 0.242 e. The number of hydrogen-bond acceptors (Lipinski definition) is 4. The molecule has 118 valence electrons. The van der Waals surface area contributed by atoms with Crippen molar-refractivity contribution in [2.75, 3.05) is 20.2 Å². The third kappa shape index (κ3) is 4.74. The highest BCUT2D eigenvalue weighted by Crippen LogP contribution is 2.18. The Morgan fingerprint density at radius 1 is 1.43 bits per heavy atom. The Labute approximate surface area is 132 Å². The molecular formula is C14H22N2O3S2. The zero-order chi connectivity index (χ0) is 16.2. The van der Waals surface area contributed by atoms with Crippen molar-refractivity contribution in [2.45, 2.75) is 31.8 Å². The molecule has 21 heavy (non-hydrogen) atoms. The number of ether oxygens (including phenoxy) is 1. The van der Waals surface area contributed by atoms with Crippen LogP contribution < -0.4 is 5.73 Å². The van der Waals surface area contributed by atoms with E-state index in [4.69, 9.17) is 22.7 Å². The van der Waals surface area contributed by atoms with E-state index in [0.29, 0.717) is 18.7 Å². The number of hydrogen-bond donors (Lipinski definition) is 1. The molecule has 2 N–H and O–H groups in total. The summed E-state index contributed by atoms with van der Waals surface area (Å²) < 4.78 is 31.6. The van der Waals surface area contributed by atoms with Gasteiger partial charge in [-0.1, -0.05) is 18.3 Å². The maximum Gasteiger partial charge on any atom is 0.242 e. The molecule has 0 aliphatic heterocycles. The molecule has 0 spiro atoms. The summed E-state index contributed by atoms with van der Waals surface area (Å²) in [6, 6.07) is 4.75. The van der Waals surface area contributed by atoms with Crippen molar-refractivity contribution >= 4 is 27.2 Å². The Hall–Kier alpha value is -1.02. The Morgan fingerprint density at radius 2 is 2.05 bits per heavy atom. The number of thiocarbonyl (C=S) groups is 1. The highest BCUT2D eigenvalue weighted by molar-refractivity contribution is 7.89. The van der Waals surface area contributed by atoms with E-state index < -0.39 is 10.0 Å². The fourth-order valence-corrected chi connectivity index (χ4v) is 3.26. The van der Waals surface area contributed by atoms with Gasteiger partial charge in [0.25, 0.3) is 0 Å². The maximum absolute atomic E-state index is 12.4. The Kier molecular flexibility index (Phi) is 6.27. The minimum absolute atomic E-state index is 0.0770. The molecule has 0 amide bonds. The highest BCUT2D eigenvalue weighted by Gasteiger charge is 2.21. The zero-order valence-corrected chi connectivity index (χ0v) is 14.4. The number of sulfonamides is 1. The van der Waals surface area contributed by atoms with E-state index in [1.165, 1.54) is 17.4 Å². The van der Waals surface area contributed by atoms with E-state index in [0.717, 1.165) is 5.56 Å². The molecule has 0 aromatic heterocycles. The minimum Gasteiger partial charge on any atom is -0.389 e. The van der Waals surface area contributed by atoms with Crippen molar-refractivity contribution in [1.82, 2.24) is 4.31 Å². The second-order valence-corrected chi connectivity index (χ2v) is 7.57. The van der Waals surface area contributed by atoms with Gasteiger partial charge >= 0.3 is 0 Å². The average molecular weight is 330 g/mol. The van der Waals surface area contributed by atoms with Crippen LogP contribution in [0, 0.1) is 6.92 Å². The van der Waals surface area contributed by atoms with Crippen molar-refractivity contribution in [3.63, 3.8) is 0 Å². The first-order chi connectivity index (χ1) is 9.66. The standard InChI is InChI=1S/C14H22N2O3S2/c1-10(2)19-8-7-16(4)21(17,18)12-5-6-13(14(15)20)11(3)9-12/h5-6,9-10H,7-8H2,1-4H3,(H2,15,20). The van der Waals surface area contributed by atoms with E-state index in [9.17, 15) is 8.42 Å². The van der Waals surface area contributed by atoms with Gasteiger partial charge in [0.2, 0.25) is 10.0 Å². The summed E-state index contributed by atoms with van der Waals surface area (Å²) in [5.41, 5.74) is 7.02. The number of likely N-dealkylation sites (N-methyl/N-ethyl adjacent to an activating group) is 1. The summed E-state index contributed by atoms with van der Waals surface area (Å²) in [5.74, 6) is 0. The van der Waals surface area contributed by atoms with Crippen molar-refractivity contribution in [3.8, 4) is 0 Å². The third-order valence-electron chi connectivity index (χ3n) is 3.03. The molecule has 0 radical (unpaired) electrons. The summed E-state index contributed by atoms with van der Waals surface area (Å²) in [7, 11) is -2.00. The predicted octanol–water partition coefficient (Wildman–Crippen LogP) is 1.67. The Morgan fingerprint density at radius 3 is 2.52 bits per heavy atom. The van der Waals surface area contributed by atoms with Gasteiger partial charge in [0.1, 0.15) is 4.99 Å². The number of nitrogens with zero attached hydrogens (tertiary/aromatic N) is 1. The second kappa shape index (κ2) is 7.31. The van der Waals surface area contributed by atoms with E-state index >= 15 is 0 Å². The van der Waals surface area contributed by atoms with E-state index in [2.05, 4.69) is 0 Å². The molecule has 0 bridgehead atoms. The van der Waals surface area contributed by atoms with Gasteiger partial charge in [-0.2, -0.15) is 4.31 Å². The van der Waals surface area contributed by atoms with Crippen LogP contribution in [0.4, 0.5) is 0 Å². The first-order valence-electron chi connectivity index (χ1n) is 6.64. The van der Waals surface area contributed by atoms with Crippen LogP contribution in [0.15, 0.2) is 23.1 Å². The quantitative estimate of drug-likeness (QED) is 0.770. The van der Waals surface area contributed by atoms with E-state index in [1.807, 2.05) is 13.8 Å².